The van der Waals surface area contributed by atoms with Crippen molar-refractivity contribution in [1.29, 1.82) is 0 Å². The van der Waals surface area contributed by atoms with E-state index in [1.807, 2.05) is 0 Å². The van der Waals surface area contributed by atoms with Crippen molar-refractivity contribution in [2.45, 2.75) is 18.9 Å². The molecule has 3 rings (SSSR count). The second-order valence-electron chi connectivity index (χ2n) is 2.94. The van der Waals surface area contributed by atoms with E-state index in [4.69, 9.17) is 0 Å². The van der Waals surface area contributed by atoms with Gasteiger partial charge in [0.05, 0.1) is 7.11 Å². The molecule has 3 saturated carbocycles. The third-order valence-electron chi connectivity index (χ3n) is 2.42. The van der Waals surface area contributed by atoms with Gasteiger partial charge in [0.1, 0.15) is 0 Å². The standard InChI is InChI=1S/C7H10NO2/c1-10-7(9)8-6-4-2-5(6)3-4/h4,6H,2-3H2,1H3,(H,8,9). The van der Waals surface area contributed by atoms with Gasteiger partial charge in [-0.1, -0.05) is 0 Å². The first-order valence-electron chi connectivity index (χ1n) is 3.50. The van der Waals surface area contributed by atoms with Crippen molar-refractivity contribution in [3.8, 4) is 0 Å². The molecule has 3 heteroatoms. The van der Waals surface area contributed by atoms with Crippen molar-refractivity contribution in [1.82, 2.24) is 5.32 Å². The maximum atomic E-state index is 10.6. The Morgan fingerprint density at radius 3 is 2.60 bits per heavy atom. The quantitative estimate of drug-likeness (QED) is 0.582. The van der Waals surface area contributed by atoms with Crippen LogP contribution in [0.3, 0.4) is 0 Å². The molecule has 0 spiro atoms. The van der Waals surface area contributed by atoms with Gasteiger partial charge < -0.3 is 10.1 Å². The molecule has 1 unspecified atom stereocenters. The lowest BCUT2D eigenvalue weighted by atomic mass is 9.52. The molecule has 1 amide bonds. The smallest absolute Gasteiger partial charge is 0.407 e. The number of hydrogen-bond donors (Lipinski definition) is 1. The minimum atomic E-state index is -0.299. The van der Waals surface area contributed by atoms with Gasteiger partial charge in [0.25, 0.3) is 0 Å². The number of rotatable bonds is 1. The highest BCUT2D eigenvalue weighted by atomic mass is 16.5. The molecule has 1 radical (unpaired) electrons. The molecule has 1 atom stereocenters. The summed E-state index contributed by atoms with van der Waals surface area (Å²) in [5.41, 5.74) is 0. The van der Waals surface area contributed by atoms with E-state index in [1.54, 1.807) is 0 Å². The molecule has 3 aliphatic rings. The maximum absolute atomic E-state index is 10.6. The first-order valence-corrected chi connectivity index (χ1v) is 3.50. The Labute approximate surface area is 59.7 Å². The van der Waals surface area contributed by atoms with Gasteiger partial charge in [0.2, 0.25) is 0 Å². The molecule has 3 aliphatic carbocycles. The first-order chi connectivity index (χ1) is 4.81. The predicted molar refractivity (Wildman–Crippen MR) is 35.3 cm³/mol. The van der Waals surface area contributed by atoms with Crippen LogP contribution >= 0.6 is 0 Å². The maximum Gasteiger partial charge on any atom is 0.407 e. The van der Waals surface area contributed by atoms with E-state index in [0.717, 1.165) is 5.92 Å². The van der Waals surface area contributed by atoms with Crippen LogP contribution in [-0.2, 0) is 4.74 Å². The molecular weight excluding hydrogens is 130 g/mol. The third-order valence-corrected chi connectivity index (χ3v) is 2.42. The van der Waals surface area contributed by atoms with Crippen LogP contribution in [0.15, 0.2) is 0 Å². The minimum Gasteiger partial charge on any atom is -0.453 e. The normalized spacial score (nSPS) is 35.7. The Hall–Kier alpha value is -0.730. The van der Waals surface area contributed by atoms with E-state index in [1.165, 1.54) is 25.9 Å². The van der Waals surface area contributed by atoms with Crippen molar-refractivity contribution in [2.75, 3.05) is 7.11 Å². The van der Waals surface area contributed by atoms with Crippen LogP contribution in [0.4, 0.5) is 4.79 Å². The summed E-state index contributed by atoms with van der Waals surface area (Å²) in [7, 11) is 1.39. The van der Waals surface area contributed by atoms with Crippen molar-refractivity contribution in [2.24, 2.45) is 5.92 Å². The number of carbonyl (C=O) groups excluding carboxylic acids is 1. The molecule has 0 heterocycles. The molecule has 3 fully saturated rings. The van der Waals surface area contributed by atoms with Gasteiger partial charge >= 0.3 is 6.09 Å². The van der Waals surface area contributed by atoms with Crippen molar-refractivity contribution in [3.63, 3.8) is 0 Å². The number of amides is 1. The summed E-state index contributed by atoms with van der Waals surface area (Å²) >= 11 is 0. The average Bonchev–Trinajstić information content (AvgIpc) is 1.77. The largest absolute Gasteiger partial charge is 0.453 e. The molecule has 3 nitrogen and oxygen atoms in total. The SMILES string of the molecule is COC(=O)NC1[C]2CC1C2. The van der Waals surface area contributed by atoms with Crippen LogP contribution in [0.1, 0.15) is 12.8 Å². The van der Waals surface area contributed by atoms with Crippen molar-refractivity contribution >= 4 is 6.09 Å². The number of alkyl carbamates (subject to hydrolysis) is 1. The summed E-state index contributed by atoms with van der Waals surface area (Å²) in [4.78, 5) is 10.6. The fourth-order valence-corrected chi connectivity index (χ4v) is 1.52. The van der Waals surface area contributed by atoms with E-state index < -0.39 is 0 Å². The van der Waals surface area contributed by atoms with Gasteiger partial charge in [0.15, 0.2) is 0 Å². The minimum absolute atomic E-state index is 0.299. The zero-order valence-electron chi connectivity index (χ0n) is 5.89. The summed E-state index contributed by atoms with van der Waals surface area (Å²) in [6.45, 7) is 0. The Balaban J connectivity index is 1.77. The summed E-state index contributed by atoms with van der Waals surface area (Å²) in [6, 6.07) is 0.368. The highest BCUT2D eigenvalue weighted by Crippen LogP contribution is 2.55. The summed E-state index contributed by atoms with van der Waals surface area (Å²) < 4.78 is 4.46. The van der Waals surface area contributed by atoms with Gasteiger partial charge in [-0.15, -0.1) is 0 Å². The molecule has 0 aromatic carbocycles. The fraction of sp³-hybridized carbons (Fsp3) is 0.714. The van der Waals surface area contributed by atoms with Gasteiger partial charge in [0, 0.05) is 6.04 Å². The lowest BCUT2D eigenvalue weighted by Gasteiger charge is -2.57. The Bertz CT molecular complexity index is 155. The zero-order chi connectivity index (χ0) is 7.14. The molecular formula is C7H10NO2. The summed E-state index contributed by atoms with van der Waals surface area (Å²) in [5, 5.41) is 2.77. The van der Waals surface area contributed by atoms with Gasteiger partial charge in [-0.05, 0) is 24.7 Å². The lowest BCUT2D eigenvalue weighted by Crippen LogP contribution is -2.62. The monoisotopic (exact) mass is 140 g/mol. The van der Waals surface area contributed by atoms with Gasteiger partial charge in [-0.3, -0.25) is 0 Å². The lowest BCUT2D eigenvalue weighted by molar-refractivity contribution is 0.0944. The summed E-state index contributed by atoms with van der Waals surface area (Å²) in [5.74, 6) is 2.21. The number of ether oxygens (including phenoxy) is 1. The first kappa shape index (κ1) is 6.01. The molecule has 0 aromatic heterocycles. The molecule has 1 N–H and O–H groups in total. The number of nitrogens with one attached hydrogen (secondary N) is 1. The topological polar surface area (TPSA) is 38.3 Å². The third kappa shape index (κ3) is 0.632. The molecule has 0 saturated heterocycles. The van der Waals surface area contributed by atoms with E-state index in [0.29, 0.717) is 6.04 Å². The van der Waals surface area contributed by atoms with Crippen LogP contribution in [0.5, 0.6) is 0 Å². The Kier molecular flexibility index (Phi) is 1.13. The molecule has 55 valence electrons. The predicted octanol–water partition coefficient (Wildman–Crippen LogP) is 0.709. The number of hydrogen-bond acceptors (Lipinski definition) is 2. The second kappa shape index (κ2) is 1.87. The highest BCUT2D eigenvalue weighted by molar-refractivity contribution is 5.68. The van der Waals surface area contributed by atoms with Gasteiger partial charge in [-0.2, -0.15) is 0 Å². The molecule has 0 aromatic rings. The van der Waals surface area contributed by atoms with Gasteiger partial charge in [-0.25, -0.2) is 4.79 Å². The van der Waals surface area contributed by atoms with Crippen LogP contribution < -0.4 is 5.32 Å². The molecule has 2 bridgehead atoms. The van der Waals surface area contributed by atoms with E-state index >= 15 is 0 Å². The van der Waals surface area contributed by atoms with E-state index in [-0.39, 0.29) is 6.09 Å². The van der Waals surface area contributed by atoms with Crippen LogP contribution in [0.25, 0.3) is 0 Å². The second-order valence-corrected chi connectivity index (χ2v) is 2.94. The number of methoxy groups -OCH3 is 1. The van der Waals surface area contributed by atoms with Crippen LogP contribution in [-0.4, -0.2) is 19.2 Å². The van der Waals surface area contributed by atoms with Crippen LogP contribution in [0, 0.1) is 11.8 Å². The van der Waals surface area contributed by atoms with Crippen molar-refractivity contribution in [3.05, 3.63) is 5.92 Å². The number of carbonyl (C=O) groups is 1. The Morgan fingerprint density at radius 1 is 1.70 bits per heavy atom. The summed E-state index contributed by atoms with van der Waals surface area (Å²) in [6.07, 6.45) is 2.16. The zero-order valence-corrected chi connectivity index (χ0v) is 5.89. The fourth-order valence-electron chi connectivity index (χ4n) is 1.52. The van der Waals surface area contributed by atoms with E-state index in [9.17, 15) is 4.79 Å². The highest BCUT2D eigenvalue weighted by Gasteiger charge is 2.53. The Morgan fingerprint density at radius 2 is 2.30 bits per heavy atom. The van der Waals surface area contributed by atoms with Crippen LogP contribution in [0.2, 0.25) is 0 Å². The van der Waals surface area contributed by atoms with E-state index in [2.05, 4.69) is 10.1 Å². The molecule has 10 heavy (non-hydrogen) atoms. The molecule has 0 aliphatic heterocycles. The average molecular weight is 140 g/mol. The van der Waals surface area contributed by atoms with Crippen molar-refractivity contribution < 1.29 is 9.53 Å².